The fourth-order valence-electron chi connectivity index (χ4n) is 3.22. The lowest BCUT2D eigenvalue weighted by atomic mass is 10.0. The summed E-state index contributed by atoms with van der Waals surface area (Å²) in [4.78, 5) is 0. The fraction of sp³-hybridized carbons (Fsp3) is 0.318. The summed E-state index contributed by atoms with van der Waals surface area (Å²) < 4.78 is 2.15. The number of aryl methyl sites for hydroxylation is 2. The van der Waals surface area contributed by atoms with Crippen LogP contribution in [-0.2, 0) is 12.8 Å². The molecular weight excluding hydrogens is 292 g/mol. The zero-order chi connectivity index (χ0) is 16.9. The molecule has 0 aliphatic heterocycles. The lowest BCUT2D eigenvalue weighted by Gasteiger charge is -2.10. The Bertz CT molecular complexity index is 783. The van der Waals surface area contributed by atoms with Crippen LogP contribution in [0.4, 0.5) is 0 Å². The minimum atomic E-state index is 1.05. The van der Waals surface area contributed by atoms with Crippen molar-refractivity contribution in [3.8, 4) is 16.8 Å². The lowest BCUT2D eigenvalue weighted by Crippen LogP contribution is -2.03. The first-order chi connectivity index (χ1) is 11.7. The van der Waals surface area contributed by atoms with Gasteiger partial charge in [-0.05, 0) is 49.4 Å². The highest BCUT2D eigenvalue weighted by atomic mass is 15.3. The van der Waals surface area contributed by atoms with E-state index in [1.165, 1.54) is 35.2 Å². The second kappa shape index (κ2) is 7.48. The zero-order valence-corrected chi connectivity index (χ0v) is 14.9. The van der Waals surface area contributed by atoms with E-state index in [0.717, 1.165) is 24.2 Å². The van der Waals surface area contributed by atoms with E-state index in [9.17, 15) is 0 Å². The normalized spacial score (nSPS) is 11.0. The number of nitrogens with zero attached hydrogens (tertiary/aromatic N) is 2. The first-order valence-electron chi connectivity index (χ1n) is 8.97. The molecular formula is C22H26N2. The molecule has 0 amide bonds. The standard InChI is InChI=1S/C22H26N2/c1-4-6-12-21-22(19-10-8-7-9-11-19)17(3)23-24(21)20-15-13-18(5-2)14-16-20/h7-11,13-16H,4-6,12H2,1-3H3. The van der Waals surface area contributed by atoms with E-state index >= 15 is 0 Å². The summed E-state index contributed by atoms with van der Waals surface area (Å²) in [5.41, 5.74) is 7.50. The summed E-state index contributed by atoms with van der Waals surface area (Å²) >= 11 is 0. The quantitative estimate of drug-likeness (QED) is 0.565. The van der Waals surface area contributed by atoms with E-state index in [2.05, 4.69) is 80.1 Å². The van der Waals surface area contributed by atoms with Gasteiger partial charge in [0.15, 0.2) is 0 Å². The Hall–Kier alpha value is -2.35. The van der Waals surface area contributed by atoms with Crippen LogP contribution in [0.1, 0.15) is 43.6 Å². The Morgan fingerprint density at radius 3 is 2.25 bits per heavy atom. The van der Waals surface area contributed by atoms with Gasteiger partial charge in [0.2, 0.25) is 0 Å². The molecule has 0 spiro atoms. The first kappa shape index (κ1) is 16.5. The third-order valence-electron chi connectivity index (χ3n) is 4.57. The molecule has 24 heavy (non-hydrogen) atoms. The molecule has 2 nitrogen and oxygen atoms in total. The average molecular weight is 318 g/mol. The molecule has 3 rings (SSSR count). The summed E-state index contributed by atoms with van der Waals surface area (Å²) in [6.07, 6.45) is 4.48. The Balaban J connectivity index is 2.11. The van der Waals surface area contributed by atoms with Crippen LogP contribution in [-0.4, -0.2) is 9.78 Å². The van der Waals surface area contributed by atoms with Gasteiger partial charge in [-0.25, -0.2) is 4.68 Å². The van der Waals surface area contributed by atoms with Crippen molar-refractivity contribution in [3.05, 3.63) is 71.5 Å². The Labute approximate surface area is 145 Å². The summed E-state index contributed by atoms with van der Waals surface area (Å²) in [6, 6.07) is 19.4. The molecule has 0 atom stereocenters. The smallest absolute Gasteiger partial charge is 0.0679 e. The Kier molecular flexibility index (Phi) is 5.14. The monoisotopic (exact) mass is 318 g/mol. The van der Waals surface area contributed by atoms with Crippen molar-refractivity contribution in [2.24, 2.45) is 0 Å². The van der Waals surface area contributed by atoms with Crippen LogP contribution in [0.25, 0.3) is 16.8 Å². The molecule has 2 aromatic carbocycles. The molecule has 0 aliphatic rings. The van der Waals surface area contributed by atoms with Crippen LogP contribution >= 0.6 is 0 Å². The second-order valence-electron chi connectivity index (χ2n) is 6.31. The maximum atomic E-state index is 4.88. The van der Waals surface area contributed by atoms with Crippen LogP contribution in [0.15, 0.2) is 54.6 Å². The van der Waals surface area contributed by atoms with Crippen molar-refractivity contribution in [2.45, 2.75) is 46.5 Å². The maximum absolute atomic E-state index is 4.88. The third-order valence-corrected chi connectivity index (χ3v) is 4.57. The van der Waals surface area contributed by atoms with Gasteiger partial charge in [0.05, 0.1) is 17.1 Å². The largest absolute Gasteiger partial charge is 0.237 e. The van der Waals surface area contributed by atoms with Gasteiger partial charge in [-0.3, -0.25) is 0 Å². The molecule has 124 valence electrons. The van der Waals surface area contributed by atoms with Crippen molar-refractivity contribution in [3.63, 3.8) is 0 Å². The van der Waals surface area contributed by atoms with Crippen LogP contribution in [0.2, 0.25) is 0 Å². The fourth-order valence-corrected chi connectivity index (χ4v) is 3.22. The maximum Gasteiger partial charge on any atom is 0.0679 e. The number of aromatic nitrogens is 2. The van der Waals surface area contributed by atoms with Gasteiger partial charge < -0.3 is 0 Å². The average Bonchev–Trinajstić information content (AvgIpc) is 2.97. The van der Waals surface area contributed by atoms with Gasteiger partial charge in [0.25, 0.3) is 0 Å². The van der Waals surface area contributed by atoms with Gasteiger partial charge in [-0.2, -0.15) is 5.10 Å². The van der Waals surface area contributed by atoms with E-state index in [1.54, 1.807) is 0 Å². The first-order valence-corrected chi connectivity index (χ1v) is 8.97. The predicted octanol–water partition coefficient (Wildman–Crippen LogP) is 5.75. The zero-order valence-electron chi connectivity index (χ0n) is 14.9. The summed E-state index contributed by atoms with van der Waals surface area (Å²) in [5, 5.41) is 4.88. The van der Waals surface area contributed by atoms with Crippen molar-refractivity contribution in [1.82, 2.24) is 9.78 Å². The van der Waals surface area contributed by atoms with E-state index in [0.29, 0.717) is 0 Å². The molecule has 1 aromatic heterocycles. The highest BCUT2D eigenvalue weighted by molar-refractivity contribution is 5.69. The Morgan fingerprint density at radius 1 is 0.917 bits per heavy atom. The van der Waals surface area contributed by atoms with Gasteiger partial charge in [0, 0.05) is 5.56 Å². The summed E-state index contributed by atoms with van der Waals surface area (Å²) in [7, 11) is 0. The van der Waals surface area contributed by atoms with Gasteiger partial charge >= 0.3 is 0 Å². The van der Waals surface area contributed by atoms with Gasteiger partial charge in [0.1, 0.15) is 0 Å². The van der Waals surface area contributed by atoms with Gasteiger partial charge in [-0.1, -0.05) is 62.7 Å². The van der Waals surface area contributed by atoms with E-state index in [-0.39, 0.29) is 0 Å². The van der Waals surface area contributed by atoms with E-state index in [4.69, 9.17) is 5.10 Å². The molecule has 2 heteroatoms. The Morgan fingerprint density at radius 2 is 1.62 bits per heavy atom. The summed E-state index contributed by atoms with van der Waals surface area (Å²) in [5.74, 6) is 0. The van der Waals surface area contributed by atoms with Crippen molar-refractivity contribution >= 4 is 0 Å². The van der Waals surface area contributed by atoms with Crippen molar-refractivity contribution in [1.29, 1.82) is 0 Å². The molecule has 0 unspecified atom stereocenters. The number of hydrogen-bond donors (Lipinski definition) is 0. The molecule has 0 fully saturated rings. The number of hydrogen-bond acceptors (Lipinski definition) is 1. The van der Waals surface area contributed by atoms with Crippen molar-refractivity contribution in [2.75, 3.05) is 0 Å². The number of unbranched alkanes of at least 4 members (excludes halogenated alkanes) is 1. The SMILES string of the molecule is CCCCc1c(-c2ccccc2)c(C)nn1-c1ccc(CC)cc1. The molecule has 1 heterocycles. The topological polar surface area (TPSA) is 17.8 Å². The molecule has 0 N–H and O–H groups in total. The number of benzene rings is 2. The highest BCUT2D eigenvalue weighted by Gasteiger charge is 2.17. The molecule has 0 radical (unpaired) electrons. The van der Waals surface area contributed by atoms with Gasteiger partial charge in [-0.15, -0.1) is 0 Å². The third kappa shape index (κ3) is 3.28. The molecule has 0 saturated carbocycles. The second-order valence-corrected chi connectivity index (χ2v) is 6.31. The van der Waals surface area contributed by atoms with Crippen LogP contribution in [0.5, 0.6) is 0 Å². The molecule has 0 saturated heterocycles. The van der Waals surface area contributed by atoms with Crippen LogP contribution < -0.4 is 0 Å². The van der Waals surface area contributed by atoms with Crippen LogP contribution in [0, 0.1) is 6.92 Å². The minimum Gasteiger partial charge on any atom is -0.237 e. The van der Waals surface area contributed by atoms with E-state index in [1.807, 2.05) is 0 Å². The summed E-state index contributed by atoms with van der Waals surface area (Å²) in [6.45, 7) is 6.55. The highest BCUT2D eigenvalue weighted by Crippen LogP contribution is 2.30. The minimum absolute atomic E-state index is 1.05. The predicted molar refractivity (Wildman–Crippen MR) is 102 cm³/mol. The van der Waals surface area contributed by atoms with Crippen LogP contribution in [0.3, 0.4) is 0 Å². The lowest BCUT2D eigenvalue weighted by molar-refractivity contribution is 0.727. The molecule has 0 bridgehead atoms. The molecule has 0 aliphatic carbocycles. The van der Waals surface area contributed by atoms with Crippen molar-refractivity contribution < 1.29 is 0 Å². The van der Waals surface area contributed by atoms with E-state index < -0.39 is 0 Å². The number of rotatable bonds is 6. The molecule has 3 aromatic rings.